The fourth-order valence-electron chi connectivity index (χ4n) is 2.08. The van der Waals surface area contributed by atoms with Gasteiger partial charge in [-0.25, -0.2) is 4.98 Å². The summed E-state index contributed by atoms with van der Waals surface area (Å²) >= 11 is 1.78. The van der Waals surface area contributed by atoms with E-state index in [1.54, 1.807) is 11.8 Å². The van der Waals surface area contributed by atoms with Gasteiger partial charge in [0.1, 0.15) is 0 Å². The molecule has 0 radical (unpaired) electrons. The maximum atomic E-state index is 11.5. The van der Waals surface area contributed by atoms with Crippen LogP contribution in [0.4, 0.5) is 0 Å². The summed E-state index contributed by atoms with van der Waals surface area (Å²) in [5, 5.41) is 7.29. The van der Waals surface area contributed by atoms with E-state index in [9.17, 15) is 4.79 Å². The summed E-state index contributed by atoms with van der Waals surface area (Å²) < 4.78 is 2.17. The Morgan fingerprint density at radius 2 is 2.44 bits per heavy atom. The van der Waals surface area contributed by atoms with Gasteiger partial charge in [-0.05, 0) is 0 Å². The Kier molecular flexibility index (Phi) is 2.61. The highest BCUT2D eigenvalue weighted by Crippen LogP contribution is 2.27. The average molecular weight is 238 g/mol. The van der Waals surface area contributed by atoms with Crippen LogP contribution in [0.1, 0.15) is 18.2 Å². The minimum atomic E-state index is 0.0706. The minimum Gasteiger partial charge on any atom is -0.355 e. The second kappa shape index (κ2) is 4.10. The Bertz CT molecular complexity index is 395. The number of nitrogens with zero attached hydrogens (tertiary/aromatic N) is 2. The van der Waals surface area contributed by atoms with E-state index in [-0.39, 0.29) is 11.9 Å². The van der Waals surface area contributed by atoms with Gasteiger partial charge in [0.2, 0.25) is 5.91 Å². The molecule has 2 aliphatic rings. The number of nitrogens with one attached hydrogen (secondary N) is 2. The highest BCUT2D eigenvalue weighted by molar-refractivity contribution is 7.99. The predicted octanol–water partition coefficient (Wildman–Crippen LogP) is 0.139. The smallest absolute Gasteiger partial charge is 0.222 e. The Balaban J connectivity index is 1.82. The van der Waals surface area contributed by atoms with E-state index >= 15 is 0 Å². The zero-order valence-corrected chi connectivity index (χ0v) is 9.72. The van der Waals surface area contributed by atoms with Crippen LogP contribution in [-0.2, 0) is 11.3 Å². The van der Waals surface area contributed by atoms with Crippen molar-refractivity contribution >= 4 is 17.7 Å². The zero-order valence-electron chi connectivity index (χ0n) is 8.90. The molecule has 1 aromatic heterocycles. The van der Waals surface area contributed by atoms with Gasteiger partial charge >= 0.3 is 0 Å². The summed E-state index contributed by atoms with van der Waals surface area (Å²) in [5.41, 5.74) is 0.999. The van der Waals surface area contributed by atoms with Crippen LogP contribution < -0.4 is 10.6 Å². The molecule has 2 N–H and O–H groups in total. The van der Waals surface area contributed by atoms with E-state index in [1.165, 1.54) is 0 Å². The van der Waals surface area contributed by atoms with Crippen molar-refractivity contribution in [2.24, 2.45) is 0 Å². The molecule has 0 bridgehead atoms. The standard InChI is InChI=1S/C10H14N4OS/c15-9-5-7(11-1-2-12-9)8-6-14-3-4-16-10(14)13-8/h6-7,11H,1-5H2,(H,12,15). The van der Waals surface area contributed by atoms with Crippen molar-refractivity contribution in [1.29, 1.82) is 0 Å². The van der Waals surface area contributed by atoms with Gasteiger partial charge < -0.3 is 15.2 Å². The van der Waals surface area contributed by atoms with Crippen LogP contribution in [0.2, 0.25) is 0 Å². The van der Waals surface area contributed by atoms with Gasteiger partial charge in [-0.3, -0.25) is 4.79 Å². The quantitative estimate of drug-likeness (QED) is 0.730. The van der Waals surface area contributed by atoms with Crippen molar-refractivity contribution in [3.8, 4) is 0 Å². The topological polar surface area (TPSA) is 59.0 Å². The lowest BCUT2D eigenvalue weighted by atomic mass is 10.1. The first kappa shape index (κ1) is 10.2. The number of amides is 1. The monoisotopic (exact) mass is 238 g/mol. The average Bonchev–Trinajstić information content (AvgIpc) is 2.76. The van der Waals surface area contributed by atoms with Crippen molar-refractivity contribution in [1.82, 2.24) is 20.2 Å². The predicted molar refractivity (Wildman–Crippen MR) is 61.3 cm³/mol. The van der Waals surface area contributed by atoms with Gasteiger partial charge in [-0.2, -0.15) is 0 Å². The number of carbonyl (C=O) groups excluding carboxylic acids is 1. The van der Waals surface area contributed by atoms with E-state index < -0.39 is 0 Å². The Labute approximate surface area is 98.0 Å². The summed E-state index contributed by atoms with van der Waals surface area (Å²) in [6.07, 6.45) is 2.56. The number of fused-ring (bicyclic) bond motifs is 1. The highest BCUT2D eigenvalue weighted by Gasteiger charge is 2.23. The molecule has 1 fully saturated rings. The molecule has 0 saturated carbocycles. The molecule has 3 heterocycles. The van der Waals surface area contributed by atoms with Gasteiger partial charge in [-0.15, -0.1) is 0 Å². The summed E-state index contributed by atoms with van der Waals surface area (Å²) in [6, 6.07) is 0.0706. The number of aromatic nitrogens is 2. The number of imidazole rings is 1. The third kappa shape index (κ3) is 1.82. The molecule has 2 aliphatic heterocycles. The number of thioether (sulfide) groups is 1. The van der Waals surface area contributed by atoms with E-state index in [1.807, 2.05) is 0 Å². The second-order valence-corrected chi connectivity index (χ2v) is 5.11. The summed E-state index contributed by atoms with van der Waals surface area (Å²) in [5.74, 6) is 1.22. The van der Waals surface area contributed by atoms with Crippen LogP contribution in [0.3, 0.4) is 0 Å². The van der Waals surface area contributed by atoms with Crippen molar-refractivity contribution in [2.45, 2.75) is 24.2 Å². The maximum absolute atomic E-state index is 11.5. The van der Waals surface area contributed by atoms with E-state index in [2.05, 4.69) is 26.4 Å². The largest absolute Gasteiger partial charge is 0.355 e. The summed E-state index contributed by atoms with van der Waals surface area (Å²) in [7, 11) is 0. The lowest BCUT2D eigenvalue weighted by Crippen LogP contribution is -2.24. The molecule has 16 heavy (non-hydrogen) atoms. The molecule has 1 saturated heterocycles. The normalized spacial score (nSPS) is 25.0. The van der Waals surface area contributed by atoms with E-state index in [0.29, 0.717) is 13.0 Å². The first-order valence-electron chi connectivity index (χ1n) is 5.53. The first-order valence-corrected chi connectivity index (χ1v) is 6.51. The molecule has 0 aromatic carbocycles. The van der Waals surface area contributed by atoms with Crippen LogP contribution in [-0.4, -0.2) is 34.3 Å². The molecule has 6 heteroatoms. The van der Waals surface area contributed by atoms with Gasteiger partial charge in [0.05, 0.1) is 11.7 Å². The van der Waals surface area contributed by atoms with Crippen molar-refractivity contribution in [3.05, 3.63) is 11.9 Å². The number of hydrogen-bond acceptors (Lipinski definition) is 4. The van der Waals surface area contributed by atoms with Crippen LogP contribution in [0.25, 0.3) is 0 Å². The lowest BCUT2D eigenvalue weighted by Gasteiger charge is -2.11. The molecule has 86 valence electrons. The lowest BCUT2D eigenvalue weighted by molar-refractivity contribution is -0.121. The molecule has 1 unspecified atom stereocenters. The molecule has 0 aliphatic carbocycles. The molecular weight excluding hydrogens is 224 g/mol. The van der Waals surface area contributed by atoms with Gasteiger partial charge in [0.25, 0.3) is 0 Å². The minimum absolute atomic E-state index is 0.0706. The fraction of sp³-hybridized carbons (Fsp3) is 0.600. The van der Waals surface area contributed by atoms with Crippen LogP contribution in [0, 0.1) is 0 Å². The number of aryl methyl sites for hydroxylation is 1. The third-order valence-corrected chi connectivity index (χ3v) is 3.88. The van der Waals surface area contributed by atoms with Crippen molar-refractivity contribution < 1.29 is 4.79 Å². The fourth-order valence-corrected chi connectivity index (χ4v) is 3.03. The van der Waals surface area contributed by atoms with Crippen LogP contribution >= 0.6 is 11.8 Å². The Morgan fingerprint density at radius 3 is 3.31 bits per heavy atom. The summed E-state index contributed by atoms with van der Waals surface area (Å²) in [4.78, 5) is 16.0. The molecule has 1 atom stereocenters. The van der Waals surface area contributed by atoms with Gasteiger partial charge in [0, 0.05) is 38.0 Å². The molecule has 0 spiro atoms. The van der Waals surface area contributed by atoms with Gasteiger partial charge in [-0.1, -0.05) is 11.8 Å². The van der Waals surface area contributed by atoms with Crippen LogP contribution in [0.5, 0.6) is 0 Å². The highest BCUT2D eigenvalue weighted by atomic mass is 32.2. The summed E-state index contributed by atoms with van der Waals surface area (Å²) in [6.45, 7) is 2.55. The Hall–Kier alpha value is -1.01. The number of hydrogen-bond donors (Lipinski definition) is 2. The second-order valence-electron chi connectivity index (χ2n) is 4.05. The molecule has 1 aromatic rings. The first-order chi connectivity index (χ1) is 7.83. The van der Waals surface area contributed by atoms with Gasteiger partial charge in [0.15, 0.2) is 5.16 Å². The van der Waals surface area contributed by atoms with Crippen LogP contribution in [0.15, 0.2) is 11.4 Å². The molecule has 5 nitrogen and oxygen atoms in total. The van der Waals surface area contributed by atoms with E-state index in [4.69, 9.17) is 0 Å². The zero-order chi connectivity index (χ0) is 11.0. The van der Waals surface area contributed by atoms with Crippen molar-refractivity contribution in [3.63, 3.8) is 0 Å². The molecule has 1 amide bonds. The van der Waals surface area contributed by atoms with E-state index in [0.717, 1.165) is 29.7 Å². The number of rotatable bonds is 1. The Morgan fingerprint density at radius 1 is 1.50 bits per heavy atom. The number of carbonyl (C=O) groups is 1. The molecular formula is C10H14N4OS. The third-order valence-electron chi connectivity index (χ3n) is 2.91. The SMILES string of the molecule is O=C1CC(c2cn3c(n2)SCC3)NCCN1. The maximum Gasteiger partial charge on any atom is 0.222 e. The van der Waals surface area contributed by atoms with Crippen molar-refractivity contribution in [2.75, 3.05) is 18.8 Å². The molecule has 3 rings (SSSR count).